The summed E-state index contributed by atoms with van der Waals surface area (Å²) >= 11 is 0. The summed E-state index contributed by atoms with van der Waals surface area (Å²) in [5.74, 6) is 0.474. The van der Waals surface area contributed by atoms with Crippen molar-refractivity contribution in [3.05, 3.63) is 71.8 Å². The summed E-state index contributed by atoms with van der Waals surface area (Å²) in [5.41, 5.74) is 2.51. The van der Waals surface area contributed by atoms with Crippen LogP contribution in [0, 0.1) is 0 Å². The fourth-order valence-corrected chi connectivity index (χ4v) is 5.23. The number of carbonyl (C=O) groups excluding carboxylic acids is 2. The lowest BCUT2D eigenvalue weighted by atomic mass is 10.00. The molecule has 3 aliphatic rings. The van der Waals surface area contributed by atoms with Crippen LogP contribution in [0.2, 0.25) is 0 Å². The van der Waals surface area contributed by atoms with Gasteiger partial charge >= 0.3 is 0 Å². The zero-order valence-electron chi connectivity index (χ0n) is 19.3. The predicted molar refractivity (Wildman–Crippen MR) is 128 cm³/mol. The number of benzene rings is 2. The molecule has 2 unspecified atom stereocenters. The molecule has 0 aromatic heterocycles. The fourth-order valence-electron chi connectivity index (χ4n) is 5.23. The number of likely N-dealkylation sites (tertiary alicyclic amines) is 2. The number of nitrogens with zero attached hydrogens (tertiary/aromatic N) is 4. The third-order valence-electron chi connectivity index (χ3n) is 7.41. The highest BCUT2D eigenvalue weighted by Gasteiger charge is 2.39. The van der Waals surface area contributed by atoms with E-state index in [9.17, 15) is 9.59 Å². The second-order valence-corrected chi connectivity index (χ2v) is 9.53. The zero-order chi connectivity index (χ0) is 22.6. The molecule has 3 saturated heterocycles. The summed E-state index contributed by atoms with van der Waals surface area (Å²) in [6.07, 6.45) is 2.72. The second kappa shape index (κ2) is 10.1. The molecule has 6 nitrogen and oxygen atoms in total. The van der Waals surface area contributed by atoms with Crippen LogP contribution in [0.3, 0.4) is 0 Å². The van der Waals surface area contributed by atoms with Crippen molar-refractivity contribution in [2.75, 3.05) is 39.3 Å². The molecule has 0 aliphatic carbocycles. The molecule has 0 N–H and O–H groups in total. The maximum Gasteiger partial charge on any atom is 0.240 e. The van der Waals surface area contributed by atoms with Crippen molar-refractivity contribution in [3.63, 3.8) is 0 Å². The number of rotatable bonds is 6. The van der Waals surface area contributed by atoms with Gasteiger partial charge in [0.15, 0.2) is 0 Å². The van der Waals surface area contributed by atoms with Crippen LogP contribution in [-0.4, -0.2) is 82.8 Å². The molecule has 174 valence electrons. The maximum atomic E-state index is 13.2. The first-order valence-electron chi connectivity index (χ1n) is 12.3. The van der Waals surface area contributed by atoms with Crippen LogP contribution in [0.5, 0.6) is 0 Å². The minimum Gasteiger partial charge on any atom is -0.339 e. The van der Waals surface area contributed by atoms with Gasteiger partial charge in [0.1, 0.15) is 0 Å². The third kappa shape index (κ3) is 4.97. The van der Waals surface area contributed by atoms with Crippen molar-refractivity contribution < 1.29 is 9.59 Å². The van der Waals surface area contributed by atoms with Gasteiger partial charge in [0.05, 0.1) is 12.1 Å². The van der Waals surface area contributed by atoms with Gasteiger partial charge in [-0.05, 0) is 30.4 Å². The monoisotopic (exact) mass is 446 g/mol. The Kier molecular flexibility index (Phi) is 6.74. The molecule has 0 spiro atoms. The van der Waals surface area contributed by atoms with Crippen LogP contribution in [0.1, 0.15) is 30.4 Å². The van der Waals surface area contributed by atoms with Gasteiger partial charge < -0.3 is 9.80 Å². The molecule has 2 atom stereocenters. The molecule has 2 aromatic carbocycles. The van der Waals surface area contributed by atoms with E-state index in [1.54, 1.807) is 0 Å². The molecular weight excluding hydrogens is 412 g/mol. The molecule has 2 amide bonds. The van der Waals surface area contributed by atoms with E-state index >= 15 is 0 Å². The lowest BCUT2D eigenvalue weighted by molar-refractivity contribution is -0.144. The first kappa shape index (κ1) is 22.1. The summed E-state index contributed by atoms with van der Waals surface area (Å²) in [6.45, 7) is 6.39. The summed E-state index contributed by atoms with van der Waals surface area (Å²) in [6, 6.07) is 20.7. The average Bonchev–Trinajstić information content (AvgIpc) is 3.07. The van der Waals surface area contributed by atoms with Crippen molar-refractivity contribution in [3.8, 4) is 0 Å². The molecule has 0 bridgehead atoms. The summed E-state index contributed by atoms with van der Waals surface area (Å²) < 4.78 is 0. The molecule has 33 heavy (non-hydrogen) atoms. The maximum absolute atomic E-state index is 13.2. The Hall–Kier alpha value is -2.70. The van der Waals surface area contributed by atoms with Crippen molar-refractivity contribution in [2.24, 2.45) is 0 Å². The number of amides is 2. The zero-order valence-corrected chi connectivity index (χ0v) is 19.3. The number of hydrogen-bond acceptors (Lipinski definition) is 4. The minimum atomic E-state index is -0.0135. The van der Waals surface area contributed by atoms with Crippen LogP contribution in [-0.2, 0) is 22.7 Å². The first-order chi connectivity index (χ1) is 16.2. The molecule has 3 fully saturated rings. The van der Waals surface area contributed by atoms with E-state index in [1.165, 1.54) is 11.1 Å². The van der Waals surface area contributed by atoms with Crippen LogP contribution in [0.15, 0.2) is 60.7 Å². The quantitative estimate of drug-likeness (QED) is 0.685. The van der Waals surface area contributed by atoms with Gasteiger partial charge in [-0.1, -0.05) is 60.7 Å². The Morgan fingerprint density at radius 2 is 1.03 bits per heavy atom. The Bertz CT molecular complexity index is 874. The number of carbonyl (C=O) groups is 2. The Balaban J connectivity index is 1.13. The van der Waals surface area contributed by atoms with E-state index in [0.717, 1.165) is 58.5 Å². The van der Waals surface area contributed by atoms with Gasteiger partial charge in [-0.15, -0.1) is 0 Å². The van der Waals surface area contributed by atoms with Crippen LogP contribution >= 0.6 is 0 Å². The van der Waals surface area contributed by atoms with Crippen LogP contribution in [0.25, 0.3) is 0 Å². The molecular formula is C27H34N4O2. The molecule has 3 aliphatic heterocycles. The highest BCUT2D eigenvalue weighted by molar-refractivity contribution is 5.84. The van der Waals surface area contributed by atoms with E-state index in [0.29, 0.717) is 13.1 Å². The average molecular weight is 447 g/mol. The smallest absolute Gasteiger partial charge is 0.240 e. The van der Waals surface area contributed by atoms with Crippen molar-refractivity contribution in [2.45, 2.75) is 44.4 Å². The van der Waals surface area contributed by atoms with Gasteiger partial charge in [-0.3, -0.25) is 19.4 Å². The molecule has 0 radical (unpaired) electrons. The predicted octanol–water partition coefficient (Wildman–Crippen LogP) is 2.60. The van der Waals surface area contributed by atoms with E-state index in [1.807, 2.05) is 21.9 Å². The Morgan fingerprint density at radius 1 is 0.606 bits per heavy atom. The normalized spacial score (nSPS) is 24.0. The van der Waals surface area contributed by atoms with E-state index in [-0.39, 0.29) is 23.9 Å². The van der Waals surface area contributed by atoms with Crippen molar-refractivity contribution >= 4 is 11.8 Å². The minimum absolute atomic E-state index is 0.0135. The van der Waals surface area contributed by atoms with Crippen LogP contribution in [0.4, 0.5) is 0 Å². The summed E-state index contributed by atoms with van der Waals surface area (Å²) in [5, 5.41) is 0. The standard InChI is InChI=1S/C27H34N4O2/c32-26(24-12-16-30(24)20-22-8-3-1-4-9-22)28-14-7-15-29(19-18-28)27(33)25-13-17-31(25)21-23-10-5-2-6-11-23/h1-6,8-11,24-25H,7,12-21H2. The van der Waals surface area contributed by atoms with Crippen molar-refractivity contribution in [1.29, 1.82) is 0 Å². The van der Waals surface area contributed by atoms with E-state index in [4.69, 9.17) is 0 Å². The fraction of sp³-hybridized carbons (Fsp3) is 0.481. The Labute approximate surface area is 196 Å². The molecule has 6 heteroatoms. The van der Waals surface area contributed by atoms with Gasteiger partial charge in [0, 0.05) is 52.4 Å². The third-order valence-corrected chi connectivity index (χ3v) is 7.41. The highest BCUT2D eigenvalue weighted by atomic mass is 16.2. The van der Waals surface area contributed by atoms with E-state index < -0.39 is 0 Å². The van der Waals surface area contributed by atoms with Gasteiger partial charge in [0.2, 0.25) is 11.8 Å². The molecule has 2 aromatic rings. The largest absolute Gasteiger partial charge is 0.339 e. The SMILES string of the molecule is O=C(C1CCN1Cc1ccccc1)N1CCCN(C(=O)C2CCN2Cc2ccccc2)CC1. The summed E-state index contributed by atoms with van der Waals surface area (Å²) in [4.78, 5) is 35.0. The second-order valence-electron chi connectivity index (χ2n) is 9.53. The van der Waals surface area contributed by atoms with Gasteiger partial charge in [0.25, 0.3) is 0 Å². The highest BCUT2D eigenvalue weighted by Crippen LogP contribution is 2.25. The first-order valence-corrected chi connectivity index (χ1v) is 12.3. The topological polar surface area (TPSA) is 47.1 Å². The molecule has 0 saturated carbocycles. The Morgan fingerprint density at radius 3 is 1.39 bits per heavy atom. The molecule has 5 rings (SSSR count). The van der Waals surface area contributed by atoms with Crippen LogP contribution < -0.4 is 0 Å². The van der Waals surface area contributed by atoms with Crippen molar-refractivity contribution in [1.82, 2.24) is 19.6 Å². The molecule has 3 heterocycles. The van der Waals surface area contributed by atoms with Gasteiger partial charge in [-0.25, -0.2) is 0 Å². The van der Waals surface area contributed by atoms with Gasteiger partial charge in [-0.2, -0.15) is 0 Å². The van der Waals surface area contributed by atoms with E-state index in [2.05, 4.69) is 58.3 Å². The lowest BCUT2D eigenvalue weighted by Crippen LogP contribution is -2.58. The number of hydrogen-bond donors (Lipinski definition) is 0. The lowest BCUT2D eigenvalue weighted by Gasteiger charge is -2.42. The summed E-state index contributed by atoms with van der Waals surface area (Å²) in [7, 11) is 0.